The molecule has 0 aliphatic carbocycles. The number of nitrogens with zero attached hydrogens (tertiary/aromatic N) is 1. The minimum Gasteiger partial charge on any atom is -0.381 e. The molecule has 1 unspecified atom stereocenters. The van der Waals surface area contributed by atoms with E-state index in [0.717, 1.165) is 0 Å². The van der Waals surface area contributed by atoms with Crippen LogP contribution in [0.2, 0.25) is 5.15 Å². The first-order valence-electron chi connectivity index (χ1n) is 6.81. The Hall–Kier alpha value is -1.35. The lowest BCUT2D eigenvalue weighted by Crippen LogP contribution is -2.44. The zero-order valence-electron chi connectivity index (χ0n) is 12.5. The minimum atomic E-state index is -5.93. The van der Waals surface area contributed by atoms with Gasteiger partial charge in [-0.15, -0.1) is 0 Å². The molecule has 2 heterocycles. The second-order valence-electron chi connectivity index (χ2n) is 5.33. The average molecular weight is 389 g/mol. The first kappa shape index (κ1) is 19.0. The van der Waals surface area contributed by atoms with Crippen LogP contribution in [0.25, 0.3) is 0 Å². The Labute approximate surface area is 141 Å². The van der Waals surface area contributed by atoms with Crippen molar-refractivity contribution in [2.45, 2.75) is 23.4 Å². The lowest BCUT2D eigenvalue weighted by molar-refractivity contribution is -0.266. The molecule has 24 heavy (non-hydrogen) atoms. The van der Waals surface area contributed by atoms with Crippen LogP contribution in [-0.4, -0.2) is 41.4 Å². The van der Waals surface area contributed by atoms with Crippen molar-refractivity contribution in [2.24, 2.45) is 0 Å². The number of nitrogens with one attached hydrogen (secondary N) is 1. The number of rotatable bonds is 3. The number of ketones is 1. The van der Waals surface area contributed by atoms with Gasteiger partial charge in [0, 0.05) is 23.7 Å². The van der Waals surface area contributed by atoms with E-state index < -0.39 is 27.9 Å². The van der Waals surface area contributed by atoms with Gasteiger partial charge >= 0.3 is 12.1 Å². The summed E-state index contributed by atoms with van der Waals surface area (Å²) in [5, 5.41) is 3.11. The number of aromatic nitrogens is 1. The average Bonchev–Trinajstić information content (AvgIpc) is 2.49. The van der Waals surface area contributed by atoms with E-state index in [0.29, 0.717) is 29.7 Å². The molecular formula is C14H14ClF5N2OS. The topological polar surface area (TPSA) is 42.0 Å². The van der Waals surface area contributed by atoms with E-state index in [1.165, 1.54) is 12.3 Å². The zero-order chi connectivity index (χ0) is 18.2. The van der Waals surface area contributed by atoms with Gasteiger partial charge in [0.2, 0.25) is 5.78 Å². The summed E-state index contributed by atoms with van der Waals surface area (Å²) in [6.07, 6.45) is -1.67. The molecule has 0 saturated carbocycles. The molecule has 1 fully saturated rings. The molecule has 0 radical (unpaired) electrons. The SMILES string of the molecule is CS1(c2ccc(Cl)nc2)CCCNC1=CC(=O)C(F)(F)C(F)(F)F. The van der Waals surface area contributed by atoms with E-state index in [1.807, 2.05) is 0 Å². The fourth-order valence-corrected chi connectivity index (χ4v) is 5.23. The fraction of sp³-hybridized carbons (Fsp3) is 0.429. The third-order valence-electron chi connectivity index (χ3n) is 3.66. The molecule has 0 spiro atoms. The fourth-order valence-electron chi connectivity index (χ4n) is 2.25. The smallest absolute Gasteiger partial charge is 0.381 e. The normalized spacial score (nSPS) is 26.5. The van der Waals surface area contributed by atoms with Crippen LogP contribution >= 0.6 is 21.6 Å². The van der Waals surface area contributed by atoms with Gasteiger partial charge in [-0.2, -0.15) is 32.0 Å². The van der Waals surface area contributed by atoms with Crippen LogP contribution in [0.1, 0.15) is 6.42 Å². The summed E-state index contributed by atoms with van der Waals surface area (Å²) in [4.78, 5) is 16.1. The first-order valence-corrected chi connectivity index (χ1v) is 9.39. The zero-order valence-corrected chi connectivity index (χ0v) is 14.0. The molecule has 1 aliphatic rings. The molecule has 0 aromatic carbocycles. The molecule has 0 amide bonds. The summed E-state index contributed by atoms with van der Waals surface area (Å²) in [7, 11) is -1.97. The van der Waals surface area contributed by atoms with Gasteiger partial charge in [0.15, 0.2) is 0 Å². The van der Waals surface area contributed by atoms with Gasteiger partial charge in [-0.1, -0.05) is 11.6 Å². The maximum atomic E-state index is 13.2. The molecule has 3 nitrogen and oxygen atoms in total. The third kappa shape index (κ3) is 3.51. The largest absolute Gasteiger partial charge is 0.461 e. The maximum Gasteiger partial charge on any atom is 0.461 e. The van der Waals surface area contributed by atoms with Crippen LogP contribution < -0.4 is 5.32 Å². The van der Waals surface area contributed by atoms with Gasteiger partial charge in [-0.25, -0.2) is 4.98 Å². The van der Waals surface area contributed by atoms with Crippen molar-refractivity contribution in [1.82, 2.24) is 10.3 Å². The Bertz CT molecular complexity index is 662. The number of alkyl halides is 5. The van der Waals surface area contributed by atoms with Gasteiger partial charge in [0.25, 0.3) is 0 Å². The summed E-state index contributed by atoms with van der Waals surface area (Å²) in [5.41, 5.74) is 0. The number of carbonyl (C=O) groups excluding carboxylic acids is 1. The van der Waals surface area contributed by atoms with E-state index in [9.17, 15) is 26.7 Å². The van der Waals surface area contributed by atoms with Crippen molar-refractivity contribution in [1.29, 1.82) is 0 Å². The number of hydrogen-bond donors (Lipinski definition) is 1. The Morgan fingerprint density at radius 2 is 2.00 bits per heavy atom. The Kier molecular flexibility index (Phi) is 5.15. The Balaban J connectivity index is 2.42. The summed E-state index contributed by atoms with van der Waals surface area (Å²) in [6, 6.07) is 3.14. The van der Waals surface area contributed by atoms with E-state index >= 15 is 0 Å². The van der Waals surface area contributed by atoms with Crippen molar-refractivity contribution in [3.05, 3.63) is 34.6 Å². The molecule has 1 atom stereocenters. The second-order valence-corrected chi connectivity index (χ2v) is 9.22. The van der Waals surface area contributed by atoms with Crippen molar-refractivity contribution in [3.63, 3.8) is 0 Å². The standard InChI is InChI=1S/C14H14ClF5N2OS/c1-24(9-3-4-11(15)22-8-9)6-2-5-21-12(24)7-10(23)13(16,17)14(18,19)20/h3-4,7-8,21H,2,5-6H2,1H3. The highest BCUT2D eigenvalue weighted by molar-refractivity contribution is 8.36. The molecule has 1 N–H and O–H groups in total. The molecule has 0 bridgehead atoms. The van der Waals surface area contributed by atoms with Crippen molar-refractivity contribution in [3.8, 4) is 0 Å². The molecule has 134 valence electrons. The van der Waals surface area contributed by atoms with Gasteiger partial charge in [-0.3, -0.25) is 4.79 Å². The van der Waals surface area contributed by atoms with Crippen LogP contribution in [-0.2, 0) is 4.79 Å². The van der Waals surface area contributed by atoms with E-state index in [-0.39, 0.29) is 10.2 Å². The highest BCUT2D eigenvalue weighted by Gasteiger charge is 2.62. The molecule has 1 aromatic heterocycles. The second kappa shape index (κ2) is 6.51. The van der Waals surface area contributed by atoms with Crippen LogP contribution in [0.15, 0.2) is 34.3 Å². The van der Waals surface area contributed by atoms with Crippen molar-refractivity contribution >= 4 is 27.4 Å². The number of pyridine rings is 1. The van der Waals surface area contributed by atoms with E-state index in [2.05, 4.69) is 10.3 Å². The predicted octanol–water partition coefficient (Wildman–Crippen LogP) is 4.13. The molecule has 1 saturated heterocycles. The quantitative estimate of drug-likeness (QED) is 0.481. The lowest BCUT2D eigenvalue weighted by Gasteiger charge is -2.42. The molecule has 2 rings (SSSR count). The van der Waals surface area contributed by atoms with Gasteiger partial charge in [0.1, 0.15) is 5.15 Å². The lowest BCUT2D eigenvalue weighted by atomic mass is 10.2. The van der Waals surface area contributed by atoms with E-state index in [1.54, 1.807) is 12.3 Å². The monoisotopic (exact) mass is 388 g/mol. The van der Waals surface area contributed by atoms with E-state index in [4.69, 9.17) is 11.6 Å². The summed E-state index contributed by atoms with van der Waals surface area (Å²) in [5.74, 6) is -7.15. The van der Waals surface area contributed by atoms with Crippen LogP contribution in [0.4, 0.5) is 22.0 Å². The summed E-state index contributed by atoms with van der Waals surface area (Å²) in [6.45, 7) is 0.389. The number of allylic oxidation sites excluding steroid dienone is 1. The molecular weight excluding hydrogens is 375 g/mol. The van der Waals surface area contributed by atoms with Crippen LogP contribution in [0.3, 0.4) is 0 Å². The minimum absolute atomic E-state index is 0.0896. The predicted molar refractivity (Wildman–Crippen MR) is 82.6 cm³/mol. The number of hydrogen-bond acceptors (Lipinski definition) is 3. The summed E-state index contributed by atoms with van der Waals surface area (Å²) < 4.78 is 63.5. The molecule has 1 aliphatic heterocycles. The van der Waals surface area contributed by atoms with Gasteiger partial charge in [-0.05, 0) is 30.6 Å². The third-order valence-corrected chi connectivity index (χ3v) is 7.51. The van der Waals surface area contributed by atoms with Crippen LogP contribution in [0, 0.1) is 0 Å². The van der Waals surface area contributed by atoms with Gasteiger partial charge < -0.3 is 5.32 Å². The van der Waals surface area contributed by atoms with Crippen molar-refractivity contribution in [2.75, 3.05) is 18.6 Å². The maximum absolute atomic E-state index is 13.2. The molecule has 1 aromatic rings. The highest BCUT2D eigenvalue weighted by Crippen LogP contribution is 2.60. The Morgan fingerprint density at radius 3 is 2.54 bits per heavy atom. The number of carbonyl (C=O) groups is 1. The first-order chi connectivity index (χ1) is 11.0. The molecule has 10 heteroatoms. The highest BCUT2D eigenvalue weighted by atomic mass is 35.5. The van der Waals surface area contributed by atoms with Crippen LogP contribution in [0.5, 0.6) is 0 Å². The van der Waals surface area contributed by atoms with Gasteiger partial charge in [0.05, 0.1) is 5.03 Å². The Morgan fingerprint density at radius 1 is 1.33 bits per heavy atom. The number of halogens is 6. The summed E-state index contributed by atoms with van der Waals surface area (Å²) >= 11 is 5.72. The van der Waals surface area contributed by atoms with Crippen molar-refractivity contribution < 1.29 is 26.7 Å².